The van der Waals surface area contributed by atoms with E-state index in [1.54, 1.807) is 0 Å². The Morgan fingerprint density at radius 2 is 1.64 bits per heavy atom. The number of phenols is 1. The van der Waals surface area contributed by atoms with E-state index in [0.717, 1.165) is 29.5 Å². The molecule has 3 aliphatic rings. The lowest BCUT2D eigenvalue weighted by Gasteiger charge is -2.27. The third-order valence-corrected chi connectivity index (χ3v) is 13.9. The van der Waals surface area contributed by atoms with Crippen LogP contribution in [0.5, 0.6) is 11.5 Å². The number of nitrogens with two attached hydrogens (primary N) is 1. The van der Waals surface area contributed by atoms with E-state index in [0.29, 0.717) is 21.5 Å². The Balaban J connectivity index is 1.08. The van der Waals surface area contributed by atoms with Gasteiger partial charge in [-0.25, -0.2) is 42.5 Å². The molecular formula is C33H31F2N7O14P2S. The topological polar surface area (TPSA) is 281 Å². The zero-order chi connectivity index (χ0) is 41.6. The number of alkyl halides is 2. The molecule has 312 valence electrons. The monoisotopic (exact) mass is 881 g/mol. The van der Waals surface area contributed by atoms with E-state index < -0.39 is 94.3 Å². The Kier molecular flexibility index (Phi) is 11.3. The van der Waals surface area contributed by atoms with Gasteiger partial charge in [-0.2, -0.15) is 0 Å². The maximum Gasteiger partial charge on any atom is 0.472 e. The standard InChI is InChI=1S/C33H31F2N7O14P2S/c34-23-20-11-51-58(49,59-13-16-1-7-19(8-2-16)52-32(45)17-3-5-18(43)6-4-17)56-26-21(54-30(24(26)35)42-15-39-25-28(36)37-14-38-29(25)42)12-50-57(47,48)55-27(23)31(53-20)41-10-9-22(44)40-33(41)46/h1-10,14-15,20-21,23-24,26-27,30-31,43H,11-13H2,(H,47,48)(H2,36,37,38)(H,40,44,46)/t20?,21-,23-,24-,26-,27-,30-,31-,58+/m1/s1. The van der Waals surface area contributed by atoms with Gasteiger partial charge >= 0.3 is 26.3 Å². The lowest BCUT2D eigenvalue weighted by atomic mass is 10.1. The van der Waals surface area contributed by atoms with E-state index in [2.05, 4.69) is 15.0 Å². The molecule has 8 rings (SSSR count). The molecule has 2 unspecified atom stereocenters. The third kappa shape index (κ3) is 8.59. The molecule has 5 N–H and O–H groups in total. The van der Waals surface area contributed by atoms with Gasteiger partial charge in [0.25, 0.3) is 5.56 Å². The summed E-state index contributed by atoms with van der Waals surface area (Å²) in [5, 5.41) is 9.49. The summed E-state index contributed by atoms with van der Waals surface area (Å²) >= 11 is 0.561. The summed E-state index contributed by atoms with van der Waals surface area (Å²) in [6.07, 6.45) is -11.9. The number of aromatic amines is 1. The fraction of sp³-hybridized carbons (Fsp3) is 0.333. The number of benzene rings is 2. The molecule has 3 saturated heterocycles. The number of carbonyl (C=O) groups is 1. The van der Waals surface area contributed by atoms with E-state index in [9.17, 15) is 33.5 Å². The van der Waals surface area contributed by atoms with Gasteiger partial charge in [-0.3, -0.25) is 37.0 Å². The molecule has 59 heavy (non-hydrogen) atoms. The maximum atomic E-state index is 16.7. The van der Waals surface area contributed by atoms with Crippen molar-refractivity contribution in [1.82, 2.24) is 29.1 Å². The Morgan fingerprint density at radius 3 is 2.39 bits per heavy atom. The fourth-order valence-electron chi connectivity index (χ4n) is 6.36. The minimum absolute atomic E-state index is 0.0223. The van der Waals surface area contributed by atoms with Gasteiger partial charge in [0.2, 0.25) is 0 Å². The number of esters is 1. The van der Waals surface area contributed by atoms with Crippen molar-refractivity contribution in [3.63, 3.8) is 0 Å². The number of nitrogens with one attached hydrogen (secondary N) is 1. The number of ether oxygens (including phenoxy) is 3. The molecule has 3 aromatic heterocycles. The van der Waals surface area contributed by atoms with Gasteiger partial charge in [-0.05, 0) is 53.3 Å². The number of anilines is 1. The quantitative estimate of drug-likeness (QED) is 0.104. The minimum atomic E-state index is -5.31. The van der Waals surface area contributed by atoms with E-state index in [1.807, 2.05) is 4.98 Å². The van der Waals surface area contributed by atoms with Gasteiger partial charge in [0.05, 0.1) is 25.1 Å². The lowest BCUT2D eigenvalue weighted by Crippen LogP contribution is -2.37. The molecule has 2 aromatic carbocycles. The molecule has 0 saturated carbocycles. The van der Waals surface area contributed by atoms with Crippen LogP contribution in [0.25, 0.3) is 11.2 Å². The van der Waals surface area contributed by atoms with Gasteiger partial charge in [0.15, 0.2) is 36.3 Å². The number of halogens is 2. The first-order valence-electron chi connectivity index (χ1n) is 17.3. The Labute approximate surface area is 333 Å². The molecule has 0 amide bonds. The van der Waals surface area contributed by atoms with Gasteiger partial charge in [-0.15, -0.1) is 0 Å². The van der Waals surface area contributed by atoms with Crippen LogP contribution >= 0.6 is 26.0 Å². The number of hydrogen-bond acceptors (Lipinski definition) is 18. The summed E-state index contributed by atoms with van der Waals surface area (Å²) in [5.41, 5.74) is 4.85. The predicted octanol–water partition coefficient (Wildman–Crippen LogP) is 3.31. The lowest BCUT2D eigenvalue weighted by molar-refractivity contribution is -0.0652. The number of rotatable bonds is 7. The minimum Gasteiger partial charge on any atom is -0.508 e. The number of phosphoric acid groups is 1. The second-order valence-corrected chi connectivity index (χ2v) is 18.6. The molecule has 21 nitrogen and oxygen atoms in total. The normalized spacial score (nSPS) is 31.2. The highest BCUT2D eigenvalue weighted by molar-refractivity contribution is 8.54. The van der Waals surface area contributed by atoms with Crippen molar-refractivity contribution in [3.05, 3.63) is 105 Å². The molecule has 2 bridgehead atoms. The van der Waals surface area contributed by atoms with Crippen molar-refractivity contribution in [2.45, 2.75) is 55.0 Å². The SMILES string of the molecule is Nc1ncnc2c1ncn2[C@@H]1O[C@@H]2COP(=O)(O)O[C@@H]3[C@H](F)C(CO[P@](=O)(SCc4ccc(OC(=O)c5ccc(O)cc5)cc4)O[C@H]2[C@H]1F)O[C@H]3n1ccc(=O)[nH]c1=O. The summed E-state index contributed by atoms with van der Waals surface area (Å²) in [5.74, 6) is -0.746. The predicted molar refractivity (Wildman–Crippen MR) is 199 cm³/mol. The van der Waals surface area contributed by atoms with Crippen LogP contribution in [0.3, 0.4) is 0 Å². The fourth-order valence-corrected chi connectivity index (χ4v) is 10.7. The summed E-state index contributed by atoms with van der Waals surface area (Å²) in [7, 11) is -5.31. The van der Waals surface area contributed by atoms with E-state index in [1.165, 1.54) is 48.5 Å². The van der Waals surface area contributed by atoms with Gasteiger partial charge in [0.1, 0.15) is 47.8 Å². The highest BCUT2D eigenvalue weighted by Crippen LogP contribution is 2.65. The number of H-pyrrole nitrogens is 1. The van der Waals surface area contributed by atoms with Gasteiger partial charge in [0, 0.05) is 18.0 Å². The Bertz CT molecular complexity index is 2590. The number of carbonyl (C=O) groups excluding carboxylic acids is 1. The number of fused-ring (bicyclic) bond motifs is 4. The van der Waals surface area contributed by atoms with E-state index in [-0.39, 0.29) is 39.8 Å². The summed E-state index contributed by atoms with van der Waals surface area (Å²) < 4.78 is 102. The highest BCUT2D eigenvalue weighted by Gasteiger charge is 2.55. The first kappa shape index (κ1) is 40.9. The number of phenolic OH excluding ortho intramolecular Hbond substituents is 1. The van der Waals surface area contributed by atoms with Crippen LogP contribution in [0.15, 0.2) is 83.0 Å². The molecule has 3 fully saturated rings. The molecule has 26 heteroatoms. The number of phosphoric ester groups is 1. The van der Waals surface area contributed by atoms with Crippen LogP contribution in [-0.4, -0.2) is 95.0 Å². The Hall–Kier alpha value is -4.87. The molecule has 3 aliphatic heterocycles. The van der Waals surface area contributed by atoms with Crippen molar-refractivity contribution in [3.8, 4) is 11.5 Å². The molecule has 6 heterocycles. The van der Waals surface area contributed by atoms with E-state index in [4.69, 9.17) is 38.0 Å². The molecule has 5 aromatic rings. The molecule has 0 spiro atoms. The summed E-state index contributed by atoms with van der Waals surface area (Å²) in [4.78, 5) is 61.8. The van der Waals surface area contributed by atoms with Crippen LogP contribution in [0.4, 0.5) is 14.6 Å². The van der Waals surface area contributed by atoms with Crippen molar-refractivity contribution in [2.75, 3.05) is 18.9 Å². The smallest absolute Gasteiger partial charge is 0.472 e. The summed E-state index contributed by atoms with van der Waals surface area (Å²) in [6.45, 7) is -6.50. The largest absolute Gasteiger partial charge is 0.508 e. The zero-order valence-electron chi connectivity index (χ0n) is 29.8. The first-order chi connectivity index (χ1) is 28.2. The molecule has 10 atom stereocenters. The first-order valence-corrected chi connectivity index (χ1v) is 22.0. The number of nitrogens with zero attached hydrogens (tertiary/aromatic N) is 5. The van der Waals surface area contributed by atoms with Crippen molar-refractivity contribution >= 4 is 49.0 Å². The average molecular weight is 882 g/mol. The van der Waals surface area contributed by atoms with Crippen molar-refractivity contribution in [1.29, 1.82) is 0 Å². The molecular weight excluding hydrogens is 850 g/mol. The number of hydrogen-bond donors (Lipinski definition) is 4. The third-order valence-electron chi connectivity index (χ3n) is 9.25. The van der Waals surface area contributed by atoms with Gasteiger partial charge in [-0.1, -0.05) is 12.1 Å². The van der Waals surface area contributed by atoms with Crippen molar-refractivity contribution in [2.24, 2.45) is 0 Å². The van der Waals surface area contributed by atoms with Crippen LogP contribution in [0.2, 0.25) is 0 Å². The van der Waals surface area contributed by atoms with Crippen LogP contribution < -0.4 is 21.7 Å². The number of imidazole rings is 1. The molecule has 0 aliphatic carbocycles. The number of aromatic nitrogens is 6. The van der Waals surface area contributed by atoms with Crippen molar-refractivity contribution < 1.29 is 65.0 Å². The van der Waals surface area contributed by atoms with Crippen LogP contribution in [-0.2, 0) is 42.5 Å². The maximum absolute atomic E-state index is 16.7. The molecule has 0 radical (unpaired) electrons. The highest BCUT2D eigenvalue weighted by atomic mass is 32.7. The average Bonchev–Trinajstić information content (AvgIpc) is 3.86. The zero-order valence-corrected chi connectivity index (χ0v) is 32.4. The van der Waals surface area contributed by atoms with Gasteiger partial charge < -0.3 is 29.9 Å². The second kappa shape index (κ2) is 16.3. The second-order valence-electron chi connectivity index (χ2n) is 13.1. The van der Waals surface area contributed by atoms with E-state index >= 15 is 8.78 Å². The number of aromatic hydroxyl groups is 1. The van der Waals surface area contributed by atoms with Crippen LogP contribution in [0, 0.1) is 0 Å². The summed E-state index contributed by atoms with van der Waals surface area (Å²) in [6, 6.07) is 12.3. The van der Waals surface area contributed by atoms with Crippen LogP contribution in [0.1, 0.15) is 28.4 Å². The number of nitrogen functional groups attached to an aromatic ring is 1. The Morgan fingerprint density at radius 1 is 0.915 bits per heavy atom.